The van der Waals surface area contributed by atoms with Gasteiger partial charge in [0, 0.05) is 18.8 Å². The van der Waals surface area contributed by atoms with Crippen LogP contribution in [-0.2, 0) is 4.79 Å². The molecule has 0 unspecified atom stereocenters. The Morgan fingerprint density at radius 1 is 1.13 bits per heavy atom. The van der Waals surface area contributed by atoms with Crippen LogP contribution in [0, 0.1) is 5.82 Å². The highest BCUT2D eigenvalue weighted by atomic mass is 32.2. The number of hydrogen-bond acceptors (Lipinski definition) is 5. The molecule has 1 heterocycles. The van der Waals surface area contributed by atoms with Gasteiger partial charge < -0.3 is 15.4 Å². The van der Waals surface area contributed by atoms with Crippen LogP contribution in [0.15, 0.2) is 53.4 Å². The van der Waals surface area contributed by atoms with E-state index in [-0.39, 0.29) is 28.9 Å². The maximum atomic E-state index is 13.0. The molecule has 2 amide bonds. The fourth-order valence-electron chi connectivity index (χ4n) is 2.58. The molecular weight excluding hydrogens is 451 g/mol. The molecule has 31 heavy (non-hydrogen) atoms. The van der Waals surface area contributed by atoms with Gasteiger partial charge in [-0.1, -0.05) is 12.1 Å². The molecule has 0 aliphatic carbocycles. The van der Waals surface area contributed by atoms with Crippen LogP contribution in [0.2, 0.25) is 0 Å². The number of rotatable bonds is 7. The van der Waals surface area contributed by atoms with Crippen molar-refractivity contribution in [2.24, 2.45) is 0 Å². The molecule has 0 spiro atoms. The molecular formula is C20H16F3N3O3S2. The van der Waals surface area contributed by atoms with Gasteiger partial charge in [-0.3, -0.25) is 14.5 Å². The SMILES string of the molecule is O=C1SC(=Cc2ccc(F)cc2)C(=O)N1CCNC(=S)Nc1ccc(OC(F)F)cc1. The molecule has 2 aromatic carbocycles. The number of amides is 2. The van der Waals surface area contributed by atoms with E-state index >= 15 is 0 Å². The number of nitrogens with zero attached hydrogens (tertiary/aromatic N) is 1. The van der Waals surface area contributed by atoms with Gasteiger partial charge in [0.2, 0.25) is 0 Å². The number of alkyl halides is 2. The zero-order valence-corrected chi connectivity index (χ0v) is 17.4. The zero-order valence-electron chi connectivity index (χ0n) is 15.8. The average Bonchev–Trinajstić information content (AvgIpc) is 2.98. The van der Waals surface area contributed by atoms with Crippen LogP contribution in [0.5, 0.6) is 5.75 Å². The van der Waals surface area contributed by atoms with Gasteiger partial charge >= 0.3 is 6.61 Å². The largest absolute Gasteiger partial charge is 0.435 e. The van der Waals surface area contributed by atoms with Gasteiger partial charge in [0.15, 0.2) is 5.11 Å². The van der Waals surface area contributed by atoms with Crippen molar-refractivity contribution in [3.8, 4) is 5.75 Å². The summed E-state index contributed by atoms with van der Waals surface area (Å²) in [5.41, 5.74) is 1.16. The molecule has 3 rings (SSSR count). The van der Waals surface area contributed by atoms with E-state index in [1.165, 1.54) is 54.6 Å². The summed E-state index contributed by atoms with van der Waals surface area (Å²) in [5, 5.41) is 5.55. The van der Waals surface area contributed by atoms with Crippen molar-refractivity contribution in [2.45, 2.75) is 6.61 Å². The maximum absolute atomic E-state index is 13.0. The molecule has 0 saturated carbocycles. The smallest absolute Gasteiger partial charge is 0.387 e. The molecule has 6 nitrogen and oxygen atoms in total. The third-order valence-electron chi connectivity index (χ3n) is 4.00. The van der Waals surface area contributed by atoms with Crippen molar-refractivity contribution >= 4 is 52.0 Å². The zero-order chi connectivity index (χ0) is 22.4. The third kappa shape index (κ3) is 6.46. The van der Waals surface area contributed by atoms with Crippen molar-refractivity contribution in [2.75, 3.05) is 18.4 Å². The molecule has 0 bridgehead atoms. The summed E-state index contributed by atoms with van der Waals surface area (Å²) in [4.78, 5) is 25.9. The summed E-state index contributed by atoms with van der Waals surface area (Å²) >= 11 is 5.96. The highest BCUT2D eigenvalue weighted by Gasteiger charge is 2.34. The van der Waals surface area contributed by atoms with Gasteiger partial charge in [-0.05, 0) is 72.0 Å². The summed E-state index contributed by atoms with van der Waals surface area (Å²) in [6, 6.07) is 11.3. The quantitative estimate of drug-likeness (QED) is 0.461. The van der Waals surface area contributed by atoms with Crippen LogP contribution in [-0.4, -0.2) is 40.9 Å². The number of thiocarbonyl (C=S) groups is 1. The lowest BCUT2D eigenvalue weighted by Gasteiger charge is -2.15. The minimum Gasteiger partial charge on any atom is -0.435 e. The molecule has 2 N–H and O–H groups in total. The second-order valence-corrected chi connectivity index (χ2v) is 7.57. The Bertz CT molecular complexity index is 999. The van der Waals surface area contributed by atoms with Crippen molar-refractivity contribution < 1.29 is 27.5 Å². The summed E-state index contributed by atoms with van der Waals surface area (Å²) in [7, 11) is 0. The van der Waals surface area contributed by atoms with E-state index < -0.39 is 23.6 Å². The number of hydrogen-bond donors (Lipinski definition) is 2. The lowest BCUT2D eigenvalue weighted by atomic mass is 10.2. The third-order valence-corrected chi connectivity index (χ3v) is 5.15. The van der Waals surface area contributed by atoms with Crippen molar-refractivity contribution in [1.29, 1.82) is 0 Å². The summed E-state index contributed by atoms with van der Waals surface area (Å²) < 4.78 is 41.6. The first-order valence-electron chi connectivity index (χ1n) is 8.92. The van der Waals surface area contributed by atoms with E-state index in [1.54, 1.807) is 0 Å². The van der Waals surface area contributed by atoms with Crippen LogP contribution in [0.1, 0.15) is 5.56 Å². The molecule has 0 radical (unpaired) electrons. The average molecular weight is 467 g/mol. The predicted molar refractivity (Wildman–Crippen MR) is 116 cm³/mol. The number of ether oxygens (including phenoxy) is 1. The number of carbonyl (C=O) groups excluding carboxylic acids is 2. The summed E-state index contributed by atoms with van der Waals surface area (Å²) in [6.07, 6.45) is 1.53. The van der Waals surface area contributed by atoms with Gasteiger partial charge in [0.1, 0.15) is 11.6 Å². The Morgan fingerprint density at radius 2 is 1.81 bits per heavy atom. The molecule has 1 saturated heterocycles. The number of anilines is 1. The molecule has 1 fully saturated rings. The number of carbonyl (C=O) groups is 2. The first-order chi connectivity index (χ1) is 14.8. The van der Waals surface area contributed by atoms with Crippen LogP contribution in [0.4, 0.5) is 23.7 Å². The van der Waals surface area contributed by atoms with E-state index in [9.17, 15) is 22.8 Å². The number of benzene rings is 2. The van der Waals surface area contributed by atoms with Crippen molar-refractivity contribution in [3.05, 3.63) is 64.8 Å². The minimum atomic E-state index is -2.90. The van der Waals surface area contributed by atoms with E-state index in [1.807, 2.05) is 0 Å². The van der Waals surface area contributed by atoms with Gasteiger partial charge in [-0.15, -0.1) is 0 Å². The van der Waals surface area contributed by atoms with Gasteiger partial charge in [0.05, 0.1) is 4.91 Å². The minimum absolute atomic E-state index is 0.0208. The molecule has 0 aromatic heterocycles. The molecule has 162 valence electrons. The molecule has 0 atom stereocenters. The lowest BCUT2D eigenvalue weighted by molar-refractivity contribution is -0.122. The fraction of sp³-hybridized carbons (Fsp3) is 0.150. The topological polar surface area (TPSA) is 70.7 Å². The maximum Gasteiger partial charge on any atom is 0.387 e. The number of imide groups is 1. The number of halogens is 3. The Labute approximate surface area is 185 Å². The van der Waals surface area contributed by atoms with Gasteiger partial charge in [-0.25, -0.2) is 4.39 Å². The Balaban J connectivity index is 1.48. The molecule has 11 heteroatoms. The van der Waals surface area contributed by atoms with E-state index in [4.69, 9.17) is 12.2 Å². The van der Waals surface area contributed by atoms with Crippen LogP contribution < -0.4 is 15.4 Å². The Hall–Kier alpha value is -3.05. The van der Waals surface area contributed by atoms with Gasteiger partial charge in [0.25, 0.3) is 11.1 Å². The summed E-state index contributed by atoms with van der Waals surface area (Å²) in [6.45, 7) is -2.60. The second kappa shape index (κ2) is 10.3. The van der Waals surface area contributed by atoms with E-state index in [0.29, 0.717) is 11.3 Å². The van der Waals surface area contributed by atoms with Crippen LogP contribution >= 0.6 is 24.0 Å². The highest BCUT2D eigenvalue weighted by Crippen LogP contribution is 2.31. The predicted octanol–water partition coefficient (Wildman–Crippen LogP) is 4.45. The Morgan fingerprint density at radius 3 is 2.45 bits per heavy atom. The Kier molecular flexibility index (Phi) is 7.53. The standard InChI is InChI=1S/C20H16F3N3O3S2/c21-13-3-1-12(2-4-13)11-16-17(27)26(20(28)31-16)10-9-24-19(30)25-14-5-7-15(8-6-14)29-18(22)23/h1-8,11,18H,9-10H2,(H2,24,25,30). The molecule has 1 aliphatic heterocycles. The van der Waals surface area contributed by atoms with E-state index in [2.05, 4.69) is 15.4 Å². The van der Waals surface area contributed by atoms with Crippen molar-refractivity contribution in [3.63, 3.8) is 0 Å². The van der Waals surface area contributed by atoms with Crippen LogP contribution in [0.3, 0.4) is 0 Å². The molecule has 2 aromatic rings. The van der Waals surface area contributed by atoms with Crippen LogP contribution in [0.25, 0.3) is 6.08 Å². The van der Waals surface area contributed by atoms with Gasteiger partial charge in [-0.2, -0.15) is 8.78 Å². The monoisotopic (exact) mass is 467 g/mol. The first-order valence-corrected chi connectivity index (χ1v) is 10.1. The highest BCUT2D eigenvalue weighted by molar-refractivity contribution is 8.18. The van der Waals surface area contributed by atoms with Crippen molar-refractivity contribution in [1.82, 2.24) is 10.2 Å². The first kappa shape index (κ1) is 22.6. The number of nitrogens with one attached hydrogen (secondary N) is 2. The number of thioether (sulfide) groups is 1. The lowest BCUT2D eigenvalue weighted by Crippen LogP contribution is -2.38. The fourth-order valence-corrected chi connectivity index (χ4v) is 3.66. The second-order valence-electron chi connectivity index (χ2n) is 6.17. The normalized spacial score (nSPS) is 15.0. The van der Waals surface area contributed by atoms with E-state index in [0.717, 1.165) is 16.7 Å². The summed E-state index contributed by atoms with van der Waals surface area (Å²) in [5.74, 6) is -0.805. The molecule has 1 aliphatic rings.